The van der Waals surface area contributed by atoms with Crippen molar-refractivity contribution in [2.75, 3.05) is 37.6 Å². The summed E-state index contributed by atoms with van der Waals surface area (Å²) in [6, 6.07) is 8.67. The van der Waals surface area contributed by atoms with Gasteiger partial charge in [0.1, 0.15) is 19.0 Å². The summed E-state index contributed by atoms with van der Waals surface area (Å²) in [6.45, 7) is 2.20. The number of amides is 3. The minimum Gasteiger partial charge on any atom is -0.472 e. The van der Waals surface area contributed by atoms with E-state index in [1.807, 2.05) is 6.07 Å². The van der Waals surface area contributed by atoms with E-state index in [-0.39, 0.29) is 24.6 Å². The molecule has 0 N–H and O–H groups in total. The number of halogens is 1. The lowest BCUT2D eigenvalue weighted by atomic mass is 10.3. The molecular weight excluding hydrogens is 382 g/mol. The second-order valence-electron chi connectivity index (χ2n) is 6.75. The summed E-state index contributed by atoms with van der Waals surface area (Å²) in [4.78, 5) is 38.2. The summed E-state index contributed by atoms with van der Waals surface area (Å²) < 4.78 is 5.79. The van der Waals surface area contributed by atoms with Crippen molar-refractivity contribution < 1.29 is 14.3 Å². The highest BCUT2D eigenvalue weighted by molar-refractivity contribution is 6.30. The third-order valence-electron chi connectivity index (χ3n) is 4.88. The van der Waals surface area contributed by atoms with E-state index >= 15 is 0 Å². The van der Waals surface area contributed by atoms with E-state index in [0.29, 0.717) is 37.1 Å². The van der Waals surface area contributed by atoms with Crippen LogP contribution in [0.25, 0.3) is 0 Å². The smallest absolute Gasteiger partial charge is 0.325 e. The number of hydrogen-bond donors (Lipinski definition) is 0. The van der Waals surface area contributed by atoms with E-state index in [1.165, 1.54) is 6.33 Å². The second-order valence-corrected chi connectivity index (χ2v) is 7.19. The van der Waals surface area contributed by atoms with Crippen molar-refractivity contribution in [3.63, 3.8) is 0 Å². The normalized spacial score (nSPS) is 19.4. The minimum atomic E-state index is -0.177. The molecule has 1 atom stereocenters. The Morgan fingerprint density at radius 3 is 2.93 bits per heavy atom. The van der Waals surface area contributed by atoms with E-state index in [1.54, 1.807) is 45.2 Å². The van der Waals surface area contributed by atoms with Crippen LogP contribution < -0.4 is 9.64 Å². The summed E-state index contributed by atoms with van der Waals surface area (Å²) in [5.74, 6) is 0.427. The van der Waals surface area contributed by atoms with Gasteiger partial charge in [0.2, 0.25) is 11.8 Å². The number of likely N-dealkylation sites (tertiary alicyclic amines) is 1. The molecule has 2 aromatic rings. The van der Waals surface area contributed by atoms with Gasteiger partial charge in [-0.05, 0) is 18.2 Å². The first-order chi connectivity index (χ1) is 13.6. The maximum Gasteiger partial charge on any atom is 0.325 e. The lowest BCUT2D eigenvalue weighted by Crippen LogP contribution is -2.42. The fourth-order valence-electron chi connectivity index (χ4n) is 3.45. The van der Waals surface area contributed by atoms with Crippen LogP contribution in [-0.4, -0.2) is 70.5 Å². The zero-order valence-corrected chi connectivity index (χ0v) is 16.0. The number of urea groups is 1. The quantitative estimate of drug-likeness (QED) is 0.766. The van der Waals surface area contributed by atoms with Gasteiger partial charge >= 0.3 is 6.03 Å². The first-order valence-corrected chi connectivity index (χ1v) is 9.50. The van der Waals surface area contributed by atoms with Gasteiger partial charge in [-0.15, -0.1) is 0 Å². The molecule has 0 saturated carbocycles. The Kier molecular flexibility index (Phi) is 5.29. The van der Waals surface area contributed by atoms with Gasteiger partial charge in [-0.3, -0.25) is 9.69 Å². The van der Waals surface area contributed by atoms with Crippen LogP contribution in [-0.2, 0) is 4.79 Å². The molecule has 2 aliphatic rings. The van der Waals surface area contributed by atoms with Crippen LogP contribution in [0.1, 0.15) is 6.42 Å². The van der Waals surface area contributed by atoms with E-state index in [0.717, 1.165) is 12.1 Å². The molecule has 8 nitrogen and oxygen atoms in total. The van der Waals surface area contributed by atoms with Gasteiger partial charge in [0, 0.05) is 49.0 Å². The van der Waals surface area contributed by atoms with Gasteiger partial charge in [0.05, 0.1) is 6.54 Å². The number of rotatable bonds is 5. The third-order valence-corrected chi connectivity index (χ3v) is 5.12. The zero-order valence-electron chi connectivity index (χ0n) is 15.2. The number of carbonyl (C=O) groups is 2. The molecule has 0 spiro atoms. The molecule has 146 valence electrons. The van der Waals surface area contributed by atoms with Crippen LogP contribution in [0.3, 0.4) is 0 Å². The molecule has 28 heavy (non-hydrogen) atoms. The summed E-state index contributed by atoms with van der Waals surface area (Å²) in [6.07, 6.45) is 3.68. The van der Waals surface area contributed by atoms with Crippen molar-refractivity contribution in [2.45, 2.75) is 12.5 Å². The highest BCUT2D eigenvalue weighted by Gasteiger charge is 2.34. The topological polar surface area (TPSA) is 78.9 Å². The number of aromatic nitrogens is 2. The van der Waals surface area contributed by atoms with E-state index in [2.05, 4.69) is 9.97 Å². The van der Waals surface area contributed by atoms with Crippen LogP contribution in [0.15, 0.2) is 42.9 Å². The second kappa shape index (κ2) is 8.02. The largest absolute Gasteiger partial charge is 0.472 e. The molecule has 0 radical (unpaired) electrons. The fraction of sp³-hybridized carbons (Fsp3) is 0.368. The molecule has 4 rings (SSSR count). The third kappa shape index (κ3) is 4.01. The number of carbonyl (C=O) groups excluding carboxylic acids is 2. The molecule has 0 aliphatic carbocycles. The van der Waals surface area contributed by atoms with Gasteiger partial charge in [-0.25, -0.2) is 14.8 Å². The Labute approximate surface area is 167 Å². The standard InChI is InChI=1S/C19H20ClN5O3/c20-14-2-1-3-15(10-14)25-9-8-24(19(25)27)12-18(26)23-7-5-16(11-23)28-17-4-6-21-13-22-17/h1-4,6,10,13,16H,5,7-9,11-12H2/t16-/m1/s1. The molecule has 2 saturated heterocycles. The summed E-state index contributed by atoms with van der Waals surface area (Å²) >= 11 is 6.02. The van der Waals surface area contributed by atoms with E-state index in [9.17, 15) is 9.59 Å². The molecule has 9 heteroatoms. The van der Waals surface area contributed by atoms with Gasteiger partial charge in [-0.2, -0.15) is 0 Å². The zero-order chi connectivity index (χ0) is 19.5. The number of anilines is 1. The number of benzene rings is 1. The summed E-state index contributed by atoms with van der Waals surface area (Å²) in [5.41, 5.74) is 0.743. The average Bonchev–Trinajstić information content (AvgIpc) is 3.30. The first-order valence-electron chi connectivity index (χ1n) is 9.12. The van der Waals surface area contributed by atoms with Crippen molar-refractivity contribution in [3.8, 4) is 5.88 Å². The molecule has 3 amide bonds. The molecule has 2 fully saturated rings. The van der Waals surface area contributed by atoms with Gasteiger partial charge in [0.15, 0.2) is 0 Å². The van der Waals surface area contributed by atoms with Crippen molar-refractivity contribution in [1.82, 2.24) is 19.8 Å². The Morgan fingerprint density at radius 1 is 1.25 bits per heavy atom. The van der Waals surface area contributed by atoms with Crippen molar-refractivity contribution in [1.29, 1.82) is 0 Å². The van der Waals surface area contributed by atoms with Gasteiger partial charge in [0.25, 0.3) is 0 Å². The monoisotopic (exact) mass is 401 g/mol. The molecule has 2 aliphatic heterocycles. The average molecular weight is 402 g/mol. The van der Waals surface area contributed by atoms with Crippen molar-refractivity contribution in [3.05, 3.63) is 47.9 Å². The lowest BCUT2D eigenvalue weighted by molar-refractivity contribution is -0.130. The molecule has 1 aromatic heterocycles. The molecule has 3 heterocycles. The van der Waals surface area contributed by atoms with E-state index in [4.69, 9.17) is 16.3 Å². The van der Waals surface area contributed by atoms with Crippen LogP contribution in [0, 0.1) is 0 Å². The van der Waals surface area contributed by atoms with Gasteiger partial charge in [-0.1, -0.05) is 17.7 Å². The maximum atomic E-state index is 12.7. The highest BCUT2D eigenvalue weighted by atomic mass is 35.5. The van der Waals surface area contributed by atoms with Crippen LogP contribution in [0.5, 0.6) is 5.88 Å². The Bertz CT molecular complexity index is 866. The predicted molar refractivity (Wildman–Crippen MR) is 103 cm³/mol. The number of hydrogen-bond acceptors (Lipinski definition) is 5. The highest BCUT2D eigenvalue weighted by Crippen LogP contribution is 2.24. The molecule has 1 aromatic carbocycles. The van der Waals surface area contributed by atoms with Crippen LogP contribution in [0.4, 0.5) is 10.5 Å². The summed E-state index contributed by atoms with van der Waals surface area (Å²) in [7, 11) is 0. The van der Waals surface area contributed by atoms with Crippen molar-refractivity contribution in [2.24, 2.45) is 0 Å². The SMILES string of the molecule is O=C(CN1CCN(c2cccc(Cl)c2)C1=O)N1CC[C@@H](Oc2ccncn2)C1. The first kappa shape index (κ1) is 18.5. The Hall–Kier alpha value is -2.87. The van der Waals surface area contributed by atoms with E-state index < -0.39 is 0 Å². The number of nitrogens with zero attached hydrogens (tertiary/aromatic N) is 5. The van der Waals surface area contributed by atoms with Crippen LogP contribution >= 0.6 is 11.6 Å². The Morgan fingerprint density at radius 2 is 2.14 bits per heavy atom. The minimum absolute atomic E-state index is 0.0656. The summed E-state index contributed by atoms with van der Waals surface area (Å²) in [5, 5.41) is 0.576. The fourth-order valence-corrected chi connectivity index (χ4v) is 3.63. The molecule has 0 bridgehead atoms. The van der Waals surface area contributed by atoms with Crippen LogP contribution in [0.2, 0.25) is 5.02 Å². The van der Waals surface area contributed by atoms with Crippen molar-refractivity contribution >= 4 is 29.2 Å². The lowest BCUT2D eigenvalue weighted by Gasteiger charge is -2.22. The van der Waals surface area contributed by atoms with Gasteiger partial charge < -0.3 is 14.5 Å². The Balaban J connectivity index is 1.31. The number of ether oxygens (including phenoxy) is 1. The molecule has 0 unspecified atom stereocenters. The maximum absolute atomic E-state index is 12.7. The predicted octanol–water partition coefficient (Wildman–Crippen LogP) is 2.05. The molecular formula is C19H20ClN5O3.